The Labute approximate surface area is 112 Å². The number of carbonyl (C=O) groups excluding carboxylic acids is 1. The Morgan fingerprint density at radius 3 is 2.67 bits per heavy atom. The fraction of sp³-hybridized carbons (Fsp3) is 0.267. The monoisotopic (exact) mass is 259 g/mol. The van der Waals surface area contributed by atoms with Crippen molar-refractivity contribution in [3.05, 3.63) is 57.8 Å². The van der Waals surface area contributed by atoms with Gasteiger partial charge in [-0.1, -0.05) is 35.9 Å². The van der Waals surface area contributed by atoms with Crippen LogP contribution >= 0.6 is 11.3 Å². The molecular formula is C15H17NOS. The molecule has 3 heteroatoms. The van der Waals surface area contributed by atoms with Gasteiger partial charge in [-0.3, -0.25) is 4.79 Å². The van der Waals surface area contributed by atoms with E-state index in [1.54, 1.807) is 11.3 Å². The zero-order valence-corrected chi connectivity index (χ0v) is 11.3. The first kappa shape index (κ1) is 12.8. The Morgan fingerprint density at radius 2 is 2.00 bits per heavy atom. The van der Waals surface area contributed by atoms with E-state index in [4.69, 9.17) is 0 Å². The van der Waals surface area contributed by atoms with Crippen LogP contribution in [0, 0.1) is 6.92 Å². The number of rotatable bonds is 5. The Morgan fingerprint density at radius 1 is 1.22 bits per heavy atom. The van der Waals surface area contributed by atoms with Crippen LogP contribution < -0.4 is 5.32 Å². The number of amides is 1. The van der Waals surface area contributed by atoms with Crippen molar-refractivity contribution in [2.24, 2.45) is 0 Å². The van der Waals surface area contributed by atoms with Crippen molar-refractivity contribution in [3.8, 4) is 0 Å². The van der Waals surface area contributed by atoms with Crippen molar-refractivity contribution in [1.82, 2.24) is 5.32 Å². The standard InChI is InChI=1S/C15H17NOS/c1-12-4-6-13(7-5-12)11-15(17)16-9-8-14-3-2-10-18-14/h2-7,10H,8-9,11H2,1H3,(H,16,17). The normalized spacial score (nSPS) is 10.3. The number of hydrogen-bond acceptors (Lipinski definition) is 2. The van der Waals surface area contributed by atoms with Gasteiger partial charge in [-0.25, -0.2) is 0 Å². The van der Waals surface area contributed by atoms with Crippen LogP contribution in [-0.4, -0.2) is 12.5 Å². The lowest BCUT2D eigenvalue weighted by atomic mass is 10.1. The fourth-order valence-corrected chi connectivity index (χ4v) is 2.44. The van der Waals surface area contributed by atoms with Crippen LogP contribution in [0.1, 0.15) is 16.0 Å². The minimum absolute atomic E-state index is 0.0930. The van der Waals surface area contributed by atoms with Gasteiger partial charge in [0.25, 0.3) is 0 Å². The smallest absolute Gasteiger partial charge is 0.224 e. The van der Waals surface area contributed by atoms with E-state index in [9.17, 15) is 4.79 Å². The largest absolute Gasteiger partial charge is 0.355 e. The summed E-state index contributed by atoms with van der Waals surface area (Å²) < 4.78 is 0. The van der Waals surface area contributed by atoms with E-state index < -0.39 is 0 Å². The van der Waals surface area contributed by atoms with Gasteiger partial charge in [0.2, 0.25) is 5.91 Å². The molecule has 1 N–H and O–H groups in total. The first-order valence-corrected chi connectivity index (χ1v) is 6.96. The molecule has 1 aromatic carbocycles. The average molecular weight is 259 g/mol. The third-order valence-electron chi connectivity index (χ3n) is 2.76. The van der Waals surface area contributed by atoms with Crippen LogP contribution in [0.2, 0.25) is 0 Å². The third kappa shape index (κ3) is 4.00. The van der Waals surface area contributed by atoms with Crippen LogP contribution in [0.3, 0.4) is 0 Å². The average Bonchev–Trinajstić information content (AvgIpc) is 2.85. The van der Waals surface area contributed by atoms with Crippen LogP contribution in [0.25, 0.3) is 0 Å². The summed E-state index contributed by atoms with van der Waals surface area (Å²) >= 11 is 1.73. The van der Waals surface area contributed by atoms with Gasteiger partial charge in [-0.15, -0.1) is 11.3 Å². The maximum atomic E-state index is 11.7. The second-order valence-electron chi connectivity index (χ2n) is 4.34. The lowest BCUT2D eigenvalue weighted by molar-refractivity contribution is -0.120. The van der Waals surface area contributed by atoms with Crippen LogP contribution in [0.4, 0.5) is 0 Å². The number of benzene rings is 1. The minimum atomic E-state index is 0.0930. The molecule has 0 saturated carbocycles. The highest BCUT2D eigenvalue weighted by molar-refractivity contribution is 7.09. The van der Waals surface area contributed by atoms with Crippen molar-refractivity contribution >= 4 is 17.2 Å². The van der Waals surface area contributed by atoms with Gasteiger partial charge in [-0.2, -0.15) is 0 Å². The van der Waals surface area contributed by atoms with Gasteiger partial charge in [0.1, 0.15) is 0 Å². The highest BCUT2D eigenvalue weighted by atomic mass is 32.1. The molecule has 0 spiro atoms. The number of nitrogens with one attached hydrogen (secondary N) is 1. The summed E-state index contributed by atoms with van der Waals surface area (Å²) in [5, 5.41) is 5.01. The summed E-state index contributed by atoms with van der Waals surface area (Å²) in [7, 11) is 0. The predicted molar refractivity (Wildman–Crippen MR) is 75.9 cm³/mol. The molecule has 0 radical (unpaired) electrons. The lowest BCUT2D eigenvalue weighted by Gasteiger charge is -2.04. The lowest BCUT2D eigenvalue weighted by Crippen LogP contribution is -2.27. The van der Waals surface area contributed by atoms with Crippen molar-refractivity contribution in [2.45, 2.75) is 19.8 Å². The van der Waals surface area contributed by atoms with E-state index in [-0.39, 0.29) is 5.91 Å². The molecular weight excluding hydrogens is 242 g/mol. The molecule has 2 rings (SSSR count). The van der Waals surface area contributed by atoms with Crippen molar-refractivity contribution in [1.29, 1.82) is 0 Å². The zero-order chi connectivity index (χ0) is 12.8. The topological polar surface area (TPSA) is 29.1 Å². The maximum Gasteiger partial charge on any atom is 0.224 e. The number of carbonyl (C=O) groups is 1. The van der Waals surface area contributed by atoms with Crippen molar-refractivity contribution in [2.75, 3.05) is 6.54 Å². The van der Waals surface area contributed by atoms with E-state index in [2.05, 4.69) is 16.8 Å². The van der Waals surface area contributed by atoms with Crippen molar-refractivity contribution in [3.63, 3.8) is 0 Å². The summed E-state index contributed by atoms with van der Waals surface area (Å²) in [5.41, 5.74) is 2.28. The van der Waals surface area contributed by atoms with Gasteiger partial charge in [-0.05, 0) is 30.4 Å². The second-order valence-corrected chi connectivity index (χ2v) is 5.37. The first-order valence-electron chi connectivity index (χ1n) is 6.08. The quantitative estimate of drug-likeness (QED) is 0.879. The molecule has 0 fully saturated rings. The molecule has 0 aliphatic carbocycles. The molecule has 94 valence electrons. The Kier molecular flexibility index (Phi) is 4.53. The summed E-state index contributed by atoms with van der Waals surface area (Å²) in [5.74, 6) is 0.0930. The van der Waals surface area contributed by atoms with E-state index in [1.165, 1.54) is 10.4 Å². The van der Waals surface area contributed by atoms with Gasteiger partial charge in [0.15, 0.2) is 0 Å². The Bertz CT molecular complexity index is 488. The van der Waals surface area contributed by atoms with E-state index in [1.807, 2.05) is 37.3 Å². The van der Waals surface area contributed by atoms with Crippen LogP contribution in [0.15, 0.2) is 41.8 Å². The SMILES string of the molecule is Cc1ccc(CC(=O)NCCc2cccs2)cc1. The summed E-state index contributed by atoms with van der Waals surface area (Å²) in [6, 6.07) is 12.2. The molecule has 0 bridgehead atoms. The molecule has 1 amide bonds. The van der Waals surface area contributed by atoms with Gasteiger partial charge >= 0.3 is 0 Å². The summed E-state index contributed by atoms with van der Waals surface area (Å²) in [6.07, 6.45) is 1.38. The molecule has 2 nitrogen and oxygen atoms in total. The Hall–Kier alpha value is -1.61. The number of hydrogen-bond donors (Lipinski definition) is 1. The fourth-order valence-electron chi connectivity index (χ4n) is 1.73. The number of aryl methyl sites for hydroxylation is 1. The van der Waals surface area contributed by atoms with Crippen LogP contribution in [-0.2, 0) is 17.6 Å². The summed E-state index contributed by atoms with van der Waals surface area (Å²) in [6.45, 7) is 2.76. The minimum Gasteiger partial charge on any atom is -0.355 e. The second kappa shape index (κ2) is 6.36. The molecule has 0 aliphatic heterocycles. The van der Waals surface area contributed by atoms with Gasteiger partial charge in [0, 0.05) is 11.4 Å². The first-order chi connectivity index (χ1) is 8.74. The highest BCUT2D eigenvalue weighted by Gasteiger charge is 2.02. The number of thiophene rings is 1. The molecule has 1 aromatic heterocycles. The van der Waals surface area contributed by atoms with Crippen LogP contribution in [0.5, 0.6) is 0 Å². The summed E-state index contributed by atoms with van der Waals surface area (Å²) in [4.78, 5) is 13.0. The molecule has 0 atom stereocenters. The van der Waals surface area contributed by atoms with E-state index in [0.717, 1.165) is 12.0 Å². The van der Waals surface area contributed by atoms with E-state index >= 15 is 0 Å². The predicted octanol–water partition coefficient (Wildman–Crippen LogP) is 2.96. The molecule has 0 saturated heterocycles. The van der Waals surface area contributed by atoms with Gasteiger partial charge < -0.3 is 5.32 Å². The molecule has 0 aliphatic rings. The zero-order valence-electron chi connectivity index (χ0n) is 10.5. The highest BCUT2D eigenvalue weighted by Crippen LogP contribution is 2.08. The maximum absolute atomic E-state index is 11.7. The Balaban J connectivity index is 1.73. The molecule has 1 heterocycles. The van der Waals surface area contributed by atoms with E-state index in [0.29, 0.717) is 13.0 Å². The third-order valence-corrected chi connectivity index (χ3v) is 3.70. The molecule has 0 unspecified atom stereocenters. The molecule has 18 heavy (non-hydrogen) atoms. The van der Waals surface area contributed by atoms with Gasteiger partial charge in [0.05, 0.1) is 6.42 Å². The molecule has 2 aromatic rings. The van der Waals surface area contributed by atoms with Crippen molar-refractivity contribution < 1.29 is 4.79 Å².